The van der Waals surface area contributed by atoms with Crippen LogP contribution >= 0.6 is 0 Å². The maximum atomic E-state index is 4.10. The predicted molar refractivity (Wildman–Crippen MR) is 234 cm³/mol. The summed E-state index contributed by atoms with van der Waals surface area (Å²) in [5.74, 6) is 1.71. The second kappa shape index (κ2) is 83.8. The number of allylic oxidation sites excluding steroid dienone is 4. The molecule has 2 rings (SSSR count). The Morgan fingerprint density at radius 2 is 0.765 bits per heavy atom. The summed E-state index contributed by atoms with van der Waals surface area (Å²) in [6.07, 6.45) is 17.1. The van der Waals surface area contributed by atoms with Gasteiger partial charge >= 0.3 is 52.4 Å². The molecular formula is C41H92N8Zr2. The predicted octanol–water partition coefficient (Wildman–Crippen LogP) is 12.8. The Kier molecular flexibility index (Phi) is 120. The summed E-state index contributed by atoms with van der Waals surface area (Å²) in [6, 6.07) is 0. The van der Waals surface area contributed by atoms with Crippen molar-refractivity contribution in [1.82, 2.24) is 5.32 Å². The fraction of sp³-hybridized carbons (Fsp3) is 0.878. The average Bonchev–Trinajstić information content (AvgIpc) is 3.82. The van der Waals surface area contributed by atoms with E-state index >= 15 is 0 Å². The third-order valence-corrected chi connectivity index (χ3v) is 6.47. The van der Waals surface area contributed by atoms with Crippen molar-refractivity contribution in [1.29, 1.82) is 0 Å². The van der Waals surface area contributed by atoms with Gasteiger partial charge in [0.2, 0.25) is 0 Å². The molecule has 0 atom stereocenters. The van der Waals surface area contributed by atoms with Crippen LogP contribution in [0.5, 0.6) is 0 Å². The number of nitrogens with zero attached hydrogens (tertiary/aromatic N) is 7. The van der Waals surface area contributed by atoms with Crippen molar-refractivity contribution in [2.75, 3.05) is 106 Å². The number of nitrogens with one attached hydrogen (secondary N) is 1. The van der Waals surface area contributed by atoms with Crippen LogP contribution in [-0.2, 0) is 52.4 Å². The zero-order chi connectivity index (χ0) is 37.8. The minimum absolute atomic E-state index is 0. The fourth-order valence-corrected chi connectivity index (χ4v) is 3.93. The molecule has 0 amide bonds. The summed E-state index contributed by atoms with van der Waals surface area (Å²) >= 11 is 0. The van der Waals surface area contributed by atoms with Crippen molar-refractivity contribution in [2.45, 2.75) is 122 Å². The number of rotatable bonds is 18. The normalized spacial score (nSPS) is 11.7. The molecule has 51 heavy (non-hydrogen) atoms. The Labute approximate surface area is 363 Å². The van der Waals surface area contributed by atoms with Crippen molar-refractivity contribution < 1.29 is 52.4 Å². The summed E-state index contributed by atoms with van der Waals surface area (Å²) in [6.45, 7) is 38.4. The molecule has 0 aromatic heterocycles. The second-order valence-electron chi connectivity index (χ2n) is 10.4. The molecule has 2 aliphatic rings. The Morgan fingerprint density at radius 3 is 0.961 bits per heavy atom. The molecule has 0 saturated heterocycles. The van der Waals surface area contributed by atoms with Gasteiger partial charge in [0.1, 0.15) is 0 Å². The fourth-order valence-electron chi connectivity index (χ4n) is 3.93. The molecule has 0 heterocycles. The van der Waals surface area contributed by atoms with Gasteiger partial charge in [-0.3, -0.25) is 0 Å². The van der Waals surface area contributed by atoms with Gasteiger partial charge in [0.15, 0.2) is 0 Å². The van der Waals surface area contributed by atoms with Gasteiger partial charge in [0.05, 0.1) is 0 Å². The molecule has 0 spiro atoms. The van der Waals surface area contributed by atoms with Crippen LogP contribution in [-0.4, -0.2) is 106 Å². The SMILES string of the molecule is CC[N-]CC.CC[N-]CC.CC[N-]CC.CC[N-]CC.CC[N-]CC.CC[N-]CC.CNCCC1C=CC=C1.C[N-]CCC1CCCC1.[CH3-].[Zr+4].[Zr+4]. The number of hydrogen-bond donors (Lipinski definition) is 1. The maximum Gasteiger partial charge on any atom is 4.00 e. The van der Waals surface area contributed by atoms with Gasteiger partial charge in [-0.2, -0.15) is 85.6 Å². The molecular weight excluding hydrogens is 787 g/mol. The molecule has 1 saturated carbocycles. The first-order valence-electron chi connectivity index (χ1n) is 19.7. The Hall–Kier alpha value is 0.926. The van der Waals surface area contributed by atoms with Gasteiger partial charge in [0.25, 0.3) is 0 Å². The van der Waals surface area contributed by atoms with E-state index < -0.39 is 0 Å². The number of hydrogen-bond acceptors (Lipinski definition) is 1. The van der Waals surface area contributed by atoms with Crippen LogP contribution in [0.1, 0.15) is 122 Å². The van der Waals surface area contributed by atoms with E-state index in [1.807, 2.05) is 97.2 Å². The zero-order valence-electron chi connectivity index (χ0n) is 37.2. The topological polar surface area (TPSA) is 111 Å². The molecule has 1 fully saturated rings. The minimum atomic E-state index is 0. The summed E-state index contributed by atoms with van der Waals surface area (Å²) in [4.78, 5) is 0. The van der Waals surface area contributed by atoms with Gasteiger partial charge in [0, 0.05) is 0 Å². The van der Waals surface area contributed by atoms with E-state index in [9.17, 15) is 0 Å². The van der Waals surface area contributed by atoms with Crippen molar-refractivity contribution in [2.24, 2.45) is 11.8 Å². The first kappa shape index (κ1) is 73.1. The molecule has 304 valence electrons. The van der Waals surface area contributed by atoms with Crippen LogP contribution < -0.4 is 5.32 Å². The second-order valence-corrected chi connectivity index (χ2v) is 10.4. The largest absolute Gasteiger partial charge is 4.00 e. The average molecular weight is 880 g/mol. The molecule has 8 nitrogen and oxygen atoms in total. The molecule has 10 heteroatoms. The van der Waals surface area contributed by atoms with E-state index in [0.717, 1.165) is 97.5 Å². The van der Waals surface area contributed by atoms with E-state index in [4.69, 9.17) is 0 Å². The summed E-state index contributed by atoms with van der Waals surface area (Å²) in [5, 5.41) is 31.1. The summed E-state index contributed by atoms with van der Waals surface area (Å²) in [5.41, 5.74) is 0. The molecule has 0 radical (unpaired) electrons. The van der Waals surface area contributed by atoms with Crippen LogP contribution in [0.3, 0.4) is 0 Å². The molecule has 0 aromatic carbocycles. The molecule has 0 aliphatic heterocycles. The standard InChI is InChI=1S/C8H16N.C8H13N.6C4H10N.CH3.2Zr/c2*1-9-7-6-8-4-2-3-5-8;6*1-3-5-4-2;;;/h8H,2-7H2,1H3;2-5,8-9H,6-7H2,1H3;6*3-4H2,1-2H3;1H3;;/q-1;;7*-1;2*+4. The summed E-state index contributed by atoms with van der Waals surface area (Å²) in [7, 11) is 3.90. The first-order chi connectivity index (χ1) is 23.3. The van der Waals surface area contributed by atoms with Crippen molar-refractivity contribution >= 4 is 0 Å². The van der Waals surface area contributed by atoms with Crippen molar-refractivity contribution in [3.63, 3.8) is 0 Å². The van der Waals surface area contributed by atoms with Crippen molar-refractivity contribution in [3.05, 3.63) is 68.9 Å². The van der Waals surface area contributed by atoms with Gasteiger partial charge in [-0.25, -0.2) is 0 Å². The molecule has 2 aliphatic carbocycles. The van der Waals surface area contributed by atoms with E-state index in [1.165, 1.54) is 38.5 Å². The van der Waals surface area contributed by atoms with Crippen LogP contribution in [0.2, 0.25) is 0 Å². The monoisotopic (exact) mass is 877 g/mol. The van der Waals surface area contributed by atoms with E-state index in [0.29, 0.717) is 5.92 Å². The quantitative estimate of drug-likeness (QED) is 0.136. The van der Waals surface area contributed by atoms with Gasteiger partial charge in [-0.05, 0) is 31.8 Å². The van der Waals surface area contributed by atoms with Crippen molar-refractivity contribution in [3.8, 4) is 0 Å². The van der Waals surface area contributed by atoms with Gasteiger partial charge in [-0.1, -0.05) is 139 Å². The maximum absolute atomic E-state index is 4.10. The minimum Gasteiger partial charge on any atom is -0.665 e. The van der Waals surface area contributed by atoms with E-state index in [-0.39, 0.29) is 59.8 Å². The third-order valence-electron chi connectivity index (χ3n) is 6.47. The molecule has 0 bridgehead atoms. The smallest absolute Gasteiger partial charge is 0.665 e. The van der Waals surface area contributed by atoms with Crippen LogP contribution in [0.4, 0.5) is 0 Å². The molecule has 1 N–H and O–H groups in total. The third kappa shape index (κ3) is 99.9. The summed E-state index contributed by atoms with van der Waals surface area (Å²) < 4.78 is 0. The first-order valence-corrected chi connectivity index (χ1v) is 19.7. The van der Waals surface area contributed by atoms with Gasteiger partial charge in [-0.15, -0.1) is 6.54 Å². The van der Waals surface area contributed by atoms with Crippen LogP contribution in [0.25, 0.3) is 37.2 Å². The Balaban J connectivity index is -0.0000000570. The Bertz CT molecular complexity index is 440. The molecule has 0 unspecified atom stereocenters. The molecule has 0 aromatic rings. The van der Waals surface area contributed by atoms with Gasteiger partial charge < -0.3 is 50.0 Å². The van der Waals surface area contributed by atoms with E-state index in [2.05, 4.69) is 66.8 Å². The van der Waals surface area contributed by atoms with Crippen LogP contribution in [0.15, 0.2) is 24.3 Å². The van der Waals surface area contributed by atoms with Crippen LogP contribution in [0, 0.1) is 19.3 Å². The zero-order valence-corrected chi connectivity index (χ0v) is 42.2. The Morgan fingerprint density at radius 1 is 0.490 bits per heavy atom. The van der Waals surface area contributed by atoms with E-state index in [1.54, 1.807) is 0 Å².